The summed E-state index contributed by atoms with van der Waals surface area (Å²) in [5.41, 5.74) is 7.23. The standard InChI is InChI=1S/C24H31N2O2/c1-18-17-20(26(13-15-27)14-16-28)11-9-19(18)10-12-23-24(2,3)21-7-5-6-8-22(21)25(23)4/h5-12,17,27-28H,13-16H2,1-4H3/q+1. The van der Waals surface area contributed by atoms with E-state index in [-0.39, 0.29) is 18.6 Å². The number of aliphatic hydroxyl groups excluding tert-OH is 2. The van der Waals surface area contributed by atoms with Gasteiger partial charge in [0.05, 0.1) is 18.6 Å². The Kier molecular flexibility index (Phi) is 6.01. The molecule has 28 heavy (non-hydrogen) atoms. The summed E-state index contributed by atoms with van der Waals surface area (Å²) in [6.07, 6.45) is 4.40. The summed E-state index contributed by atoms with van der Waals surface area (Å²) < 4.78 is 2.28. The number of nitrogens with zero attached hydrogens (tertiary/aromatic N) is 2. The number of aryl methyl sites for hydroxylation is 1. The molecule has 0 spiro atoms. The molecule has 2 aromatic carbocycles. The molecule has 1 aliphatic rings. The van der Waals surface area contributed by atoms with Crippen molar-refractivity contribution in [3.63, 3.8) is 0 Å². The van der Waals surface area contributed by atoms with E-state index < -0.39 is 0 Å². The fourth-order valence-corrected chi connectivity index (χ4v) is 4.13. The quantitative estimate of drug-likeness (QED) is 0.724. The lowest BCUT2D eigenvalue weighted by atomic mass is 9.81. The zero-order valence-electron chi connectivity index (χ0n) is 17.3. The number of para-hydroxylation sites is 1. The van der Waals surface area contributed by atoms with Gasteiger partial charge < -0.3 is 15.1 Å². The first-order chi connectivity index (χ1) is 13.4. The number of anilines is 1. The topological polar surface area (TPSA) is 46.7 Å². The Morgan fingerprint density at radius 2 is 1.68 bits per heavy atom. The molecule has 0 unspecified atom stereocenters. The summed E-state index contributed by atoms with van der Waals surface area (Å²) in [5.74, 6) is 0. The Bertz CT molecular complexity index is 907. The summed E-state index contributed by atoms with van der Waals surface area (Å²) in [5, 5.41) is 18.5. The van der Waals surface area contributed by atoms with E-state index in [2.05, 4.69) is 87.0 Å². The highest BCUT2D eigenvalue weighted by atomic mass is 16.3. The molecule has 2 N–H and O–H groups in total. The van der Waals surface area contributed by atoms with Crippen molar-refractivity contribution in [3.05, 3.63) is 65.2 Å². The van der Waals surface area contributed by atoms with Crippen molar-refractivity contribution < 1.29 is 14.8 Å². The van der Waals surface area contributed by atoms with Crippen LogP contribution in [0.5, 0.6) is 0 Å². The monoisotopic (exact) mass is 379 g/mol. The second-order valence-electron chi connectivity index (χ2n) is 7.89. The second kappa shape index (κ2) is 8.29. The molecule has 0 aromatic heterocycles. The SMILES string of the molecule is Cc1cc(N(CCO)CCO)ccc1/C=C/C1=[N+](C)c2ccccc2C1(C)C. The van der Waals surface area contributed by atoms with Gasteiger partial charge in [-0.05, 0) is 50.1 Å². The predicted octanol–water partition coefficient (Wildman–Crippen LogP) is 3.51. The number of rotatable bonds is 7. The summed E-state index contributed by atoms with van der Waals surface area (Å²) in [4.78, 5) is 2.00. The van der Waals surface area contributed by atoms with Gasteiger partial charge in [0.15, 0.2) is 5.71 Å². The minimum atomic E-state index is -0.0330. The Morgan fingerprint density at radius 1 is 1.00 bits per heavy atom. The van der Waals surface area contributed by atoms with Crippen molar-refractivity contribution in [2.45, 2.75) is 26.2 Å². The van der Waals surface area contributed by atoms with E-state index in [0.717, 1.165) is 5.69 Å². The molecule has 2 aromatic rings. The molecule has 0 radical (unpaired) electrons. The van der Waals surface area contributed by atoms with Gasteiger partial charge in [0.25, 0.3) is 0 Å². The Morgan fingerprint density at radius 3 is 2.29 bits per heavy atom. The zero-order chi connectivity index (χ0) is 20.3. The molecular formula is C24H31N2O2+. The number of hydrogen-bond donors (Lipinski definition) is 2. The summed E-state index contributed by atoms with van der Waals surface area (Å²) in [6.45, 7) is 7.82. The van der Waals surface area contributed by atoms with Crippen LogP contribution in [0.25, 0.3) is 6.08 Å². The third-order valence-corrected chi connectivity index (χ3v) is 5.72. The molecule has 0 amide bonds. The van der Waals surface area contributed by atoms with Gasteiger partial charge in [0.1, 0.15) is 7.05 Å². The summed E-state index contributed by atoms with van der Waals surface area (Å²) >= 11 is 0. The third-order valence-electron chi connectivity index (χ3n) is 5.72. The van der Waals surface area contributed by atoms with Crippen LogP contribution in [0.4, 0.5) is 11.4 Å². The van der Waals surface area contributed by atoms with Gasteiger partial charge in [-0.3, -0.25) is 0 Å². The van der Waals surface area contributed by atoms with E-state index in [4.69, 9.17) is 0 Å². The van der Waals surface area contributed by atoms with E-state index in [1.165, 1.54) is 28.1 Å². The molecule has 0 atom stereocenters. The molecule has 4 nitrogen and oxygen atoms in total. The van der Waals surface area contributed by atoms with E-state index in [0.29, 0.717) is 13.1 Å². The van der Waals surface area contributed by atoms with E-state index in [1.54, 1.807) is 0 Å². The predicted molar refractivity (Wildman–Crippen MR) is 117 cm³/mol. The average molecular weight is 380 g/mol. The molecule has 0 saturated carbocycles. The molecular weight excluding hydrogens is 348 g/mol. The van der Waals surface area contributed by atoms with Gasteiger partial charge in [-0.15, -0.1) is 0 Å². The maximum absolute atomic E-state index is 9.26. The summed E-state index contributed by atoms with van der Waals surface area (Å²) in [7, 11) is 2.13. The normalized spacial score (nSPS) is 15.4. The Balaban J connectivity index is 1.88. The maximum Gasteiger partial charge on any atom is 0.209 e. The number of allylic oxidation sites excluding steroid dienone is 1. The van der Waals surface area contributed by atoms with Gasteiger partial charge in [-0.1, -0.05) is 24.3 Å². The van der Waals surface area contributed by atoms with Crippen LogP contribution < -0.4 is 4.90 Å². The highest BCUT2D eigenvalue weighted by molar-refractivity contribution is 6.05. The third kappa shape index (κ3) is 3.75. The molecule has 4 heteroatoms. The van der Waals surface area contributed by atoms with Crippen molar-refractivity contribution in [2.24, 2.45) is 0 Å². The van der Waals surface area contributed by atoms with Crippen LogP contribution in [0.15, 0.2) is 48.5 Å². The van der Waals surface area contributed by atoms with Gasteiger partial charge in [0.2, 0.25) is 5.69 Å². The average Bonchev–Trinajstić information content (AvgIpc) is 2.87. The molecule has 1 aliphatic heterocycles. The Hall–Kier alpha value is -2.43. The lowest BCUT2D eigenvalue weighted by molar-refractivity contribution is -0.401. The first-order valence-electron chi connectivity index (χ1n) is 9.86. The lowest BCUT2D eigenvalue weighted by Gasteiger charge is -2.23. The number of hydrogen-bond acceptors (Lipinski definition) is 3. The van der Waals surface area contributed by atoms with Crippen LogP contribution >= 0.6 is 0 Å². The number of benzene rings is 2. The van der Waals surface area contributed by atoms with Gasteiger partial charge in [-0.25, -0.2) is 0 Å². The first kappa shape index (κ1) is 20.3. The van der Waals surface area contributed by atoms with Crippen LogP contribution in [0, 0.1) is 6.92 Å². The van der Waals surface area contributed by atoms with Gasteiger partial charge in [0, 0.05) is 36.5 Å². The smallest absolute Gasteiger partial charge is 0.209 e. The summed E-state index contributed by atoms with van der Waals surface area (Å²) in [6, 6.07) is 14.9. The van der Waals surface area contributed by atoms with Crippen LogP contribution in [0.1, 0.15) is 30.5 Å². The van der Waals surface area contributed by atoms with Crippen molar-refractivity contribution in [3.8, 4) is 0 Å². The minimum absolute atomic E-state index is 0.0330. The van der Waals surface area contributed by atoms with Crippen molar-refractivity contribution in [1.29, 1.82) is 0 Å². The van der Waals surface area contributed by atoms with E-state index in [1.807, 2.05) is 4.90 Å². The second-order valence-corrected chi connectivity index (χ2v) is 7.89. The molecule has 0 bridgehead atoms. The van der Waals surface area contributed by atoms with E-state index in [9.17, 15) is 10.2 Å². The number of fused-ring (bicyclic) bond motifs is 1. The van der Waals surface area contributed by atoms with Gasteiger partial charge in [-0.2, -0.15) is 4.58 Å². The van der Waals surface area contributed by atoms with Crippen molar-refractivity contribution >= 4 is 23.2 Å². The zero-order valence-corrected chi connectivity index (χ0v) is 17.3. The molecule has 1 heterocycles. The van der Waals surface area contributed by atoms with Crippen molar-refractivity contribution in [1.82, 2.24) is 0 Å². The highest BCUT2D eigenvalue weighted by Crippen LogP contribution is 2.39. The van der Waals surface area contributed by atoms with Crippen LogP contribution in [-0.2, 0) is 5.41 Å². The molecule has 3 rings (SSSR count). The Labute approximate surface area is 168 Å². The van der Waals surface area contributed by atoms with E-state index >= 15 is 0 Å². The molecule has 0 fully saturated rings. The largest absolute Gasteiger partial charge is 0.395 e. The minimum Gasteiger partial charge on any atom is -0.395 e. The van der Waals surface area contributed by atoms with Crippen LogP contribution in [0.2, 0.25) is 0 Å². The molecule has 148 valence electrons. The molecule has 0 saturated heterocycles. The van der Waals surface area contributed by atoms with Crippen molar-refractivity contribution in [2.75, 3.05) is 38.3 Å². The first-order valence-corrected chi connectivity index (χ1v) is 9.86. The molecule has 0 aliphatic carbocycles. The maximum atomic E-state index is 9.26. The highest BCUT2D eigenvalue weighted by Gasteiger charge is 2.42. The lowest BCUT2D eigenvalue weighted by Crippen LogP contribution is -2.29. The fraction of sp³-hybridized carbons (Fsp3) is 0.375. The van der Waals surface area contributed by atoms with Crippen LogP contribution in [0.3, 0.4) is 0 Å². The van der Waals surface area contributed by atoms with Gasteiger partial charge >= 0.3 is 0 Å². The fourth-order valence-electron chi connectivity index (χ4n) is 4.13. The van der Waals surface area contributed by atoms with Crippen LogP contribution in [-0.4, -0.2) is 53.9 Å². The number of aliphatic hydroxyl groups is 2.